The fraction of sp³-hybridized carbons (Fsp3) is 0.200. The fourth-order valence-corrected chi connectivity index (χ4v) is 4.26. The highest BCUT2D eigenvalue weighted by Gasteiger charge is 2.25. The summed E-state index contributed by atoms with van der Waals surface area (Å²) in [5, 5.41) is 10.1. The van der Waals surface area contributed by atoms with E-state index in [1.54, 1.807) is 41.3 Å². The standard InChI is InChI=1S/C30H30N5O7/c1-39-35(38)21-7-9-25(10-8-21)42-30(37)34-19-17-33(18-20-34)27-16-15-26(28(31)36)29(32-27)41-24-13-11-23(12-14-24)40-22-5-3-2-4-6-22/h2-16,28,36H,17-20,31H2,1H3/q+1. The number of piperazine rings is 1. The Balaban J connectivity index is 1.20. The second kappa shape index (κ2) is 13.0. The lowest BCUT2D eigenvalue weighted by molar-refractivity contribution is -0.736. The molecule has 3 aromatic carbocycles. The van der Waals surface area contributed by atoms with Crippen molar-refractivity contribution in [1.29, 1.82) is 0 Å². The summed E-state index contributed by atoms with van der Waals surface area (Å²) in [6.45, 7) is 1.79. The van der Waals surface area contributed by atoms with E-state index in [1.165, 1.54) is 31.4 Å². The highest BCUT2D eigenvalue weighted by Crippen LogP contribution is 2.31. The van der Waals surface area contributed by atoms with Gasteiger partial charge in [-0.1, -0.05) is 18.2 Å². The number of benzene rings is 3. The highest BCUT2D eigenvalue weighted by atomic mass is 16.8. The molecule has 1 unspecified atom stereocenters. The van der Waals surface area contributed by atoms with Gasteiger partial charge in [-0.05, 0) is 60.7 Å². The quantitative estimate of drug-likeness (QED) is 0.210. The summed E-state index contributed by atoms with van der Waals surface area (Å²) in [5.41, 5.74) is 6.39. The highest BCUT2D eigenvalue weighted by molar-refractivity contribution is 5.71. The van der Waals surface area contributed by atoms with Gasteiger partial charge in [-0.25, -0.2) is 9.63 Å². The molecule has 1 aliphatic heterocycles. The van der Waals surface area contributed by atoms with Gasteiger partial charge in [0.25, 0.3) is 4.92 Å². The molecule has 1 aromatic heterocycles. The van der Waals surface area contributed by atoms with Crippen LogP contribution in [-0.4, -0.2) is 59.3 Å². The number of para-hydroxylation sites is 1. The number of amides is 1. The van der Waals surface area contributed by atoms with Crippen molar-refractivity contribution in [3.05, 3.63) is 101 Å². The van der Waals surface area contributed by atoms with Crippen molar-refractivity contribution in [2.45, 2.75) is 6.23 Å². The number of carbonyl (C=O) groups is 1. The molecule has 1 fully saturated rings. The minimum absolute atomic E-state index is 0.176. The number of hydrogen-bond acceptors (Lipinski definition) is 10. The Bertz CT molecular complexity index is 1510. The van der Waals surface area contributed by atoms with Crippen LogP contribution < -0.4 is 24.8 Å². The molecule has 1 amide bonds. The Morgan fingerprint density at radius 2 is 1.43 bits per heavy atom. The summed E-state index contributed by atoms with van der Waals surface area (Å²) in [6.07, 6.45) is -1.78. The molecule has 216 valence electrons. The third kappa shape index (κ3) is 6.92. The number of hydrogen-bond donors (Lipinski definition) is 2. The lowest BCUT2D eigenvalue weighted by Crippen LogP contribution is -2.49. The number of carbonyl (C=O) groups excluding carboxylic acids is 1. The number of aliphatic hydroxyl groups is 1. The molecule has 12 nitrogen and oxygen atoms in total. The van der Waals surface area contributed by atoms with E-state index in [1.807, 2.05) is 35.2 Å². The first-order valence-corrected chi connectivity index (χ1v) is 13.2. The first-order chi connectivity index (χ1) is 20.4. The van der Waals surface area contributed by atoms with Gasteiger partial charge in [0.15, 0.2) is 7.11 Å². The molecule has 0 aliphatic carbocycles. The smallest absolute Gasteiger partial charge is 0.415 e. The van der Waals surface area contributed by atoms with Crippen molar-refractivity contribution in [3.8, 4) is 28.9 Å². The molecule has 42 heavy (non-hydrogen) atoms. The van der Waals surface area contributed by atoms with Crippen LogP contribution in [-0.2, 0) is 4.84 Å². The first-order valence-electron chi connectivity index (χ1n) is 13.2. The van der Waals surface area contributed by atoms with Crippen LogP contribution in [0.5, 0.6) is 28.9 Å². The molecule has 2 heterocycles. The zero-order valence-electron chi connectivity index (χ0n) is 22.8. The molecule has 0 saturated carbocycles. The molecule has 1 aliphatic rings. The Hall–Kier alpha value is -5.20. The summed E-state index contributed by atoms with van der Waals surface area (Å²) in [4.78, 5) is 37.4. The van der Waals surface area contributed by atoms with E-state index in [9.17, 15) is 14.8 Å². The van der Waals surface area contributed by atoms with Gasteiger partial charge in [0.2, 0.25) is 5.88 Å². The molecule has 5 rings (SSSR count). The van der Waals surface area contributed by atoms with Crippen molar-refractivity contribution < 1.29 is 33.9 Å². The predicted molar refractivity (Wildman–Crippen MR) is 153 cm³/mol. The van der Waals surface area contributed by atoms with Gasteiger partial charge >= 0.3 is 11.8 Å². The van der Waals surface area contributed by atoms with E-state index < -0.39 is 12.3 Å². The first kappa shape index (κ1) is 28.3. The summed E-state index contributed by atoms with van der Waals surface area (Å²) < 4.78 is 17.3. The van der Waals surface area contributed by atoms with Gasteiger partial charge in [0.05, 0.1) is 10.5 Å². The van der Waals surface area contributed by atoms with E-state index in [-0.39, 0.29) is 11.6 Å². The summed E-state index contributed by atoms with van der Waals surface area (Å²) in [5.74, 6) is 2.96. The van der Waals surface area contributed by atoms with Crippen molar-refractivity contribution >= 4 is 17.6 Å². The number of nitrogens with two attached hydrogens (primary N) is 1. The second-order valence-electron chi connectivity index (χ2n) is 9.27. The SMILES string of the molecule is CO[N+](=O)c1ccc(OC(=O)N2CCN(c3ccc(C(N)O)c(Oc4ccc(Oc5ccccc5)cc4)n3)CC2)cc1. The maximum Gasteiger partial charge on any atom is 0.415 e. The molecule has 1 saturated heterocycles. The van der Waals surface area contributed by atoms with Gasteiger partial charge in [-0.15, -0.1) is 0 Å². The van der Waals surface area contributed by atoms with Crippen molar-refractivity contribution in [2.24, 2.45) is 5.73 Å². The molecule has 0 spiro atoms. The lowest BCUT2D eigenvalue weighted by Gasteiger charge is -2.35. The Morgan fingerprint density at radius 3 is 2.05 bits per heavy atom. The van der Waals surface area contributed by atoms with Gasteiger partial charge in [0, 0.05) is 38.3 Å². The minimum Gasteiger partial charge on any atom is -0.457 e. The second-order valence-corrected chi connectivity index (χ2v) is 9.27. The van der Waals surface area contributed by atoms with E-state index in [0.717, 1.165) is 5.75 Å². The Labute approximate surface area is 241 Å². The van der Waals surface area contributed by atoms with Crippen molar-refractivity contribution in [3.63, 3.8) is 0 Å². The van der Waals surface area contributed by atoms with Crippen LogP contribution in [0, 0.1) is 4.91 Å². The van der Waals surface area contributed by atoms with Crippen LogP contribution in [0.4, 0.5) is 16.3 Å². The average molecular weight is 573 g/mol. The summed E-state index contributed by atoms with van der Waals surface area (Å²) >= 11 is 0. The normalized spacial score (nSPS) is 13.7. The number of aromatic nitrogens is 1. The molecule has 1 atom stereocenters. The van der Waals surface area contributed by atoms with Gasteiger partial charge in [-0.3, -0.25) is 0 Å². The summed E-state index contributed by atoms with van der Waals surface area (Å²) in [6, 6.07) is 25.9. The van der Waals surface area contributed by atoms with Crippen LogP contribution in [0.25, 0.3) is 0 Å². The summed E-state index contributed by atoms with van der Waals surface area (Å²) in [7, 11) is 1.27. The average Bonchev–Trinajstić information content (AvgIpc) is 3.02. The predicted octanol–water partition coefficient (Wildman–Crippen LogP) is 4.91. The zero-order valence-corrected chi connectivity index (χ0v) is 22.8. The number of ether oxygens (including phenoxy) is 3. The number of nitrogens with zero attached hydrogens (tertiary/aromatic N) is 4. The maximum atomic E-state index is 12.7. The number of anilines is 1. The monoisotopic (exact) mass is 572 g/mol. The van der Waals surface area contributed by atoms with Crippen LogP contribution >= 0.6 is 0 Å². The van der Waals surface area contributed by atoms with Gasteiger partial charge in [-0.2, -0.15) is 4.98 Å². The third-order valence-corrected chi connectivity index (χ3v) is 6.49. The molecule has 12 heteroatoms. The molecule has 3 N–H and O–H groups in total. The molecule has 0 bridgehead atoms. The van der Waals surface area contributed by atoms with Crippen LogP contribution in [0.1, 0.15) is 11.8 Å². The minimum atomic E-state index is -1.28. The molecular weight excluding hydrogens is 542 g/mol. The number of aliphatic hydroxyl groups excluding tert-OH is 1. The molecule has 4 aromatic rings. The maximum absolute atomic E-state index is 12.7. The number of rotatable bonds is 9. The topological polar surface area (TPSA) is 140 Å². The van der Waals surface area contributed by atoms with Crippen LogP contribution in [0.2, 0.25) is 0 Å². The van der Waals surface area contributed by atoms with Gasteiger partial charge < -0.3 is 34.9 Å². The van der Waals surface area contributed by atoms with E-state index in [0.29, 0.717) is 59.7 Å². The Kier molecular flexibility index (Phi) is 8.75. The van der Waals surface area contributed by atoms with Crippen LogP contribution in [0.15, 0.2) is 91.0 Å². The van der Waals surface area contributed by atoms with E-state index in [2.05, 4.69) is 9.82 Å². The third-order valence-electron chi connectivity index (χ3n) is 6.49. The number of pyridine rings is 1. The van der Waals surface area contributed by atoms with Crippen molar-refractivity contribution in [2.75, 3.05) is 38.2 Å². The lowest BCUT2D eigenvalue weighted by atomic mass is 10.2. The molecular formula is C30H30N5O7+. The Morgan fingerprint density at radius 1 is 0.833 bits per heavy atom. The van der Waals surface area contributed by atoms with Gasteiger partial charge in [0.1, 0.15) is 35.0 Å². The fourth-order valence-electron chi connectivity index (χ4n) is 4.26. The largest absolute Gasteiger partial charge is 0.457 e. The van der Waals surface area contributed by atoms with E-state index >= 15 is 0 Å². The zero-order chi connectivity index (χ0) is 29.5. The van der Waals surface area contributed by atoms with Crippen LogP contribution in [0.3, 0.4) is 0 Å². The van der Waals surface area contributed by atoms with Crippen molar-refractivity contribution in [1.82, 2.24) is 9.88 Å². The molecule has 0 radical (unpaired) electrons. The van der Waals surface area contributed by atoms with E-state index in [4.69, 9.17) is 19.9 Å².